The molecule has 0 bridgehead atoms. The lowest BCUT2D eigenvalue weighted by molar-refractivity contribution is -0.141. The lowest BCUT2D eigenvalue weighted by Gasteiger charge is -2.35. The smallest absolute Gasteiger partial charge is 0.238 e. The zero-order chi connectivity index (χ0) is 18.5. The number of benzene rings is 1. The van der Waals surface area contributed by atoms with Gasteiger partial charge in [0.2, 0.25) is 11.8 Å². The van der Waals surface area contributed by atoms with Gasteiger partial charge in [0, 0.05) is 24.0 Å². The molecular formula is C18H23Cl2N3O3. The Kier molecular flexibility index (Phi) is 6.75. The van der Waals surface area contributed by atoms with Gasteiger partial charge >= 0.3 is 0 Å². The number of amides is 2. The van der Waals surface area contributed by atoms with Crippen LogP contribution in [0.2, 0.25) is 10.0 Å². The van der Waals surface area contributed by atoms with Crippen molar-refractivity contribution in [2.24, 2.45) is 5.92 Å². The number of piperidine rings is 1. The zero-order valence-corrected chi connectivity index (χ0v) is 16.1. The van der Waals surface area contributed by atoms with Crippen molar-refractivity contribution in [3.05, 3.63) is 28.2 Å². The van der Waals surface area contributed by atoms with Crippen LogP contribution >= 0.6 is 23.2 Å². The van der Waals surface area contributed by atoms with Crippen LogP contribution in [-0.4, -0.2) is 67.6 Å². The fourth-order valence-corrected chi connectivity index (χ4v) is 3.70. The first-order valence-corrected chi connectivity index (χ1v) is 9.62. The fraction of sp³-hybridized carbons (Fsp3) is 0.556. The topological polar surface area (TPSA) is 61.9 Å². The maximum absolute atomic E-state index is 12.5. The molecule has 8 heteroatoms. The molecule has 6 nitrogen and oxygen atoms in total. The Morgan fingerprint density at radius 3 is 2.50 bits per heavy atom. The molecule has 0 atom stereocenters. The molecule has 1 aromatic carbocycles. The Labute approximate surface area is 163 Å². The molecular weight excluding hydrogens is 377 g/mol. The molecule has 142 valence electrons. The zero-order valence-electron chi connectivity index (χ0n) is 14.5. The molecule has 2 aliphatic rings. The Balaban J connectivity index is 1.45. The van der Waals surface area contributed by atoms with E-state index in [1.165, 1.54) is 0 Å². The van der Waals surface area contributed by atoms with Crippen molar-refractivity contribution in [3.8, 4) is 0 Å². The Morgan fingerprint density at radius 2 is 1.81 bits per heavy atom. The number of rotatable bonds is 4. The Bertz CT molecular complexity index is 657. The highest BCUT2D eigenvalue weighted by Gasteiger charge is 2.29. The first kappa shape index (κ1) is 19.4. The summed E-state index contributed by atoms with van der Waals surface area (Å²) in [6.45, 7) is 4.35. The van der Waals surface area contributed by atoms with E-state index in [0.717, 1.165) is 25.9 Å². The van der Waals surface area contributed by atoms with E-state index >= 15 is 0 Å². The van der Waals surface area contributed by atoms with Crippen molar-refractivity contribution >= 4 is 40.7 Å². The van der Waals surface area contributed by atoms with Gasteiger partial charge in [-0.1, -0.05) is 23.2 Å². The Hall–Kier alpha value is -1.34. The second-order valence-corrected chi connectivity index (χ2v) is 7.50. The average Bonchev–Trinajstić information content (AvgIpc) is 2.65. The maximum Gasteiger partial charge on any atom is 0.238 e. The lowest BCUT2D eigenvalue weighted by atomic mass is 9.95. The van der Waals surface area contributed by atoms with Crippen LogP contribution in [0.4, 0.5) is 5.69 Å². The maximum atomic E-state index is 12.5. The molecule has 2 fully saturated rings. The predicted molar refractivity (Wildman–Crippen MR) is 102 cm³/mol. The van der Waals surface area contributed by atoms with Crippen LogP contribution in [0.25, 0.3) is 0 Å². The van der Waals surface area contributed by atoms with Crippen molar-refractivity contribution in [1.29, 1.82) is 0 Å². The van der Waals surface area contributed by atoms with Crippen LogP contribution in [0.3, 0.4) is 0 Å². The number of carbonyl (C=O) groups is 2. The number of ether oxygens (including phenoxy) is 1. The normalized spacial score (nSPS) is 19.4. The summed E-state index contributed by atoms with van der Waals surface area (Å²) >= 11 is 12.0. The quantitative estimate of drug-likeness (QED) is 0.844. The van der Waals surface area contributed by atoms with Gasteiger partial charge in [-0.2, -0.15) is 0 Å². The summed E-state index contributed by atoms with van der Waals surface area (Å²) in [4.78, 5) is 28.8. The van der Waals surface area contributed by atoms with Crippen LogP contribution in [0.1, 0.15) is 12.8 Å². The number of anilines is 1. The fourth-order valence-electron chi connectivity index (χ4n) is 3.37. The lowest BCUT2D eigenvalue weighted by Crippen LogP contribution is -2.47. The van der Waals surface area contributed by atoms with Gasteiger partial charge in [0.1, 0.15) is 0 Å². The third kappa shape index (κ3) is 5.10. The minimum Gasteiger partial charge on any atom is -0.378 e. The van der Waals surface area contributed by atoms with Gasteiger partial charge in [-0.15, -0.1) is 0 Å². The van der Waals surface area contributed by atoms with Crippen LogP contribution in [0.15, 0.2) is 18.2 Å². The number of halogens is 2. The number of carbonyl (C=O) groups excluding carboxylic acids is 2. The SMILES string of the molecule is O=C(CN1CCC(C(=O)N2CCOCC2)CC1)Nc1cc(Cl)ccc1Cl. The number of nitrogens with one attached hydrogen (secondary N) is 1. The van der Waals surface area contributed by atoms with Gasteiger partial charge in [-0.25, -0.2) is 0 Å². The van der Waals surface area contributed by atoms with Gasteiger partial charge in [-0.3, -0.25) is 14.5 Å². The number of hydrogen-bond donors (Lipinski definition) is 1. The highest BCUT2D eigenvalue weighted by molar-refractivity contribution is 6.35. The van der Waals surface area contributed by atoms with Crippen molar-refractivity contribution in [2.45, 2.75) is 12.8 Å². The number of hydrogen-bond acceptors (Lipinski definition) is 4. The summed E-state index contributed by atoms with van der Waals surface area (Å²) in [5.74, 6) is 0.144. The minimum absolute atomic E-state index is 0.0507. The highest BCUT2D eigenvalue weighted by Crippen LogP contribution is 2.25. The van der Waals surface area contributed by atoms with Gasteiger partial charge in [-0.05, 0) is 44.1 Å². The van der Waals surface area contributed by atoms with Crippen LogP contribution < -0.4 is 5.32 Å². The molecule has 3 rings (SSSR count). The minimum atomic E-state index is -0.132. The van der Waals surface area contributed by atoms with Crippen molar-refractivity contribution < 1.29 is 14.3 Å². The summed E-state index contributed by atoms with van der Waals surface area (Å²) in [6.07, 6.45) is 1.56. The second-order valence-electron chi connectivity index (χ2n) is 6.66. The molecule has 2 saturated heterocycles. The van der Waals surface area contributed by atoms with Crippen molar-refractivity contribution in [1.82, 2.24) is 9.80 Å². The summed E-state index contributed by atoms with van der Waals surface area (Å²) < 4.78 is 5.30. The molecule has 0 saturated carbocycles. The summed E-state index contributed by atoms with van der Waals surface area (Å²) in [5.41, 5.74) is 0.515. The van der Waals surface area contributed by atoms with Crippen LogP contribution in [0.5, 0.6) is 0 Å². The monoisotopic (exact) mass is 399 g/mol. The van der Waals surface area contributed by atoms with E-state index in [2.05, 4.69) is 10.2 Å². The number of morpholine rings is 1. The molecule has 0 spiro atoms. The van der Waals surface area contributed by atoms with Crippen molar-refractivity contribution in [3.63, 3.8) is 0 Å². The number of nitrogens with zero attached hydrogens (tertiary/aromatic N) is 2. The third-order valence-corrected chi connectivity index (χ3v) is 5.39. The van der Waals surface area contributed by atoms with E-state index in [1.54, 1.807) is 18.2 Å². The van der Waals surface area contributed by atoms with Gasteiger partial charge in [0.15, 0.2) is 0 Å². The molecule has 0 aromatic heterocycles. The molecule has 1 aromatic rings. The van der Waals surface area contributed by atoms with E-state index in [-0.39, 0.29) is 24.3 Å². The predicted octanol–water partition coefficient (Wildman–Crippen LogP) is 2.50. The molecule has 26 heavy (non-hydrogen) atoms. The largest absolute Gasteiger partial charge is 0.378 e. The third-order valence-electron chi connectivity index (χ3n) is 4.83. The van der Waals surface area contributed by atoms with E-state index in [4.69, 9.17) is 27.9 Å². The van der Waals surface area contributed by atoms with Gasteiger partial charge < -0.3 is 15.0 Å². The van der Waals surface area contributed by atoms with E-state index in [9.17, 15) is 9.59 Å². The average molecular weight is 400 g/mol. The molecule has 2 amide bonds. The van der Waals surface area contributed by atoms with E-state index < -0.39 is 0 Å². The first-order valence-electron chi connectivity index (χ1n) is 8.87. The van der Waals surface area contributed by atoms with Crippen molar-refractivity contribution in [2.75, 3.05) is 51.3 Å². The molecule has 1 N–H and O–H groups in total. The first-order chi connectivity index (χ1) is 12.5. The molecule has 0 radical (unpaired) electrons. The molecule has 2 aliphatic heterocycles. The number of likely N-dealkylation sites (tertiary alicyclic amines) is 1. The van der Waals surface area contributed by atoms with E-state index in [0.29, 0.717) is 42.0 Å². The van der Waals surface area contributed by atoms with Gasteiger partial charge in [0.25, 0.3) is 0 Å². The summed E-state index contributed by atoms with van der Waals surface area (Å²) in [6, 6.07) is 4.97. The van der Waals surface area contributed by atoms with Crippen LogP contribution in [0, 0.1) is 5.92 Å². The Morgan fingerprint density at radius 1 is 1.12 bits per heavy atom. The highest BCUT2D eigenvalue weighted by atomic mass is 35.5. The summed E-state index contributed by atoms with van der Waals surface area (Å²) in [7, 11) is 0. The standard InChI is InChI=1S/C18H23Cl2N3O3/c19-14-1-2-15(20)16(11-14)21-17(24)12-22-5-3-13(4-6-22)18(25)23-7-9-26-10-8-23/h1-2,11,13H,3-10,12H2,(H,21,24). The van der Waals surface area contributed by atoms with Crippen LogP contribution in [-0.2, 0) is 14.3 Å². The summed E-state index contributed by atoms with van der Waals surface area (Å²) in [5, 5.41) is 3.77. The molecule has 0 unspecified atom stereocenters. The van der Waals surface area contributed by atoms with Gasteiger partial charge in [0.05, 0.1) is 30.5 Å². The molecule has 2 heterocycles. The molecule has 0 aliphatic carbocycles. The second kappa shape index (κ2) is 9.04. The van der Waals surface area contributed by atoms with E-state index in [1.807, 2.05) is 4.90 Å².